The topological polar surface area (TPSA) is 70.0 Å². The third kappa shape index (κ3) is 6.43. The van der Waals surface area contributed by atoms with Crippen molar-refractivity contribution in [2.75, 3.05) is 33.9 Å². The lowest BCUT2D eigenvalue weighted by Crippen LogP contribution is -2.42. The van der Waals surface area contributed by atoms with E-state index < -0.39 is 12.0 Å². The molecule has 0 aromatic rings. The number of aliphatic hydroxyl groups excluding tert-OH is 1. The van der Waals surface area contributed by atoms with Crippen molar-refractivity contribution in [1.82, 2.24) is 4.90 Å². The first-order chi connectivity index (χ1) is 7.13. The largest absolute Gasteiger partial charge is 0.480 e. The predicted molar refractivity (Wildman–Crippen MR) is 56.9 cm³/mol. The Morgan fingerprint density at radius 2 is 2.07 bits per heavy atom. The lowest BCUT2D eigenvalue weighted by Gasteiger charge is -2.23. The third-order valence-corrected chi connectivity index (χ3v) is 2.31. The second-order valence-electron chi connectivity index (χ2n) is 3.57. The van der Waals surface area contributed by atoms with Crippen molar-refractivity contribution in [3.8, 4) is 0 Å². The maximum absolute atomic E-state index is 10.9. The van der Waals surface area contributed by atoms with Crippen LogP contribution in [-0.2, 0) is 9.53 Å². The van der Waals surface area contributed by atoms with E-state index in [0.717, 1.165) is 19.3 Å². The minimum absolute atomic E-state index is 0.199. The van der Waals surface area contributed by atoms with Gasteiger partial charge in [-0.3, -0.25) is 9.69 Å². The highest BCUT2D eigenvalue weighted by Crippen LogP contribution is 2.02. The monoisotopic (exact) mass is 219 g/mol. The maximum Gasteiger partial charge on any atom is 0.323 e. The summed E-state index contributed by atoms with van der Waals surface area (Å²) in [5.74, 6) is -0.860. The molecule has 5 heteroatoms. The molecule has 0 fully saturated rings. The number of rotatable bonds is 9. The number of likely N-dealkylation sites (N-methyl/N-ethyl adjacent to an activating group) is 1. The Morgan fingerprint density at radius 1 is 1.40 bits per heavy atom. The van der Waals surface area contributed by atoms with Gasteiger partial charge < -0.3 is 14.9 Å². The Bertz CT molecular complexity index is 175. The number of hydrogen-bond donors (Lipinski definition) is 2. The van der Waals surface area contributed by atoms with Crippen molar-refractivity contribution in [3.05, 3.63) is 0 Å². The number of aliphatic carboxylic acids is 1. The fourth-order valence-electron chi connectivity index (χ4n) is 1.35. The zero-order valence-electron chi connectivity index (χ0n) is 9.48. The van der Waals surface area contributed by atoms with Gasteiger partial charge in [-0.2, -0.15) is 0 Å². The number of carbonyl (C=O) groups is 1. The van der Waals surface area contributed by atoms with E-state index in [1.807, 2.05) is 0 Å². The molecule has 0 heterocycles. The lowest BCUT2D eigenvalue weighted by atomic mass is 10.2. The zero-order valence-corrected chi connectivity index (χ0v) is 9.48. The molecule has 15 heavy (non-hydrogen) atoms. The molecule has 0 aromatic carbocycles. The first-order valence-corrected chi connectivity index (χ1v) is 5.16. The number of hydrogen-bond acceptors (Lipinski definition) is 4. The molecule has 0 aliphatic rings. The van der Waals surface area contributed by atoms with Gasteiger partial charge in [0.15, 0.2) is 0 Å². The van der Waals surface area contributed by atoms with Gasteiger partial charge in [-0.1, -0.05) is 0 Å². The Kier molecular flexibility index (Phi) is 8.27. The third-order valence-electron chi connectivity index (χ3n) is 2.31. The van der Waals surface area contributed by atoms with E-state index in [1.165, 1.54) is 7.11 Å². The summed E-state index contributed by atoms with van der Waals surface area (Å²) in [6.45, 7) is 1.11. The van der Waals surface area contributed by atoms with Crippen molar-refractivity contribution in [2.45, 2.75) is 25.3 Å². The Balaban J connectivity index is 3.81. The molecule has 0 rings (SSSR count). The van der Waals surface area contributed by atoms with E-state index in [9.17, 15) is 4.79 Å². The lowest BCUT2D eigenvalue weighted by molar-refractivity contribution is -0.144. The van der Waals surface area contributed by atoms with Crippen molar-refractivity contribution in [1.29, 1.82) is 0 Å². The van der Waals surface area contributed by atoms with Crippen LogP contribution < -0.4 is 0 Å². The summed E-state index contributed by atoms with van der Waals surface area (Å²) >= 11 is 0. The summed E-state index contributed by atoms with van der Waals surface area (Å²) in [5, 5.41) is 17.5. The molecule has 0 radical (unpaired) electrons. The van der Waals surface area contributed by atoms with Crippen LogP contribution in [0.1, 0.15) is 19.3 Å². The molecule has 0 spiro atoms. The summed E-state index contributed by atoms with van der Waals surface area (Å²) in [7, 11) is 3.27. The van der Waals surface area contributed by atoms with Gasteiger partial charge in [0.05, 0.1) is 6.61 Å². The SMILES string of the molecule is COCC(C(=O)O)N(C)CCCCCO. The van der Waals surface area contributed by atoms with E-state index in [1.54, 1.807) is 11.9 Å². The van der Waals surface area contributed by atoms with Gasteiger partial charge in [-0.05, 0) is 32.9 Å². The molecular weight excluding hydrogens is 198 g/mol. The van der Waals surface area contributed by atoms with E-state index in [2.05, 4.69) is 0 Å². The smallest absolute Gasteiger partial charge is 0.323 e. The highest BCUT2D eigenvalue weighted by atomic mass is 16.5. The summed E-state index contributed by atoms with van der Waals surface area (Å²) < 4.78 is 4.85. The van der Waals surface area contributed by atoms with Crippen molar-refractivity contribution < 1.29 is 19.7 Å². The van der Waals surface area contributed by atoms with Gasteiger partial charge in [0.2, 0.25) is 0 Å². The van der Waals surface area contributed by atoms with Crippen LogP contribution in [0.5, 0.6) is 0 Å². The number of aliphatic hydroxyl groups is 1. The average Bonchev–Trinajstić information content (AvgIpc) is 2.20. The first kappa shape index (κ1) is 14.3. The molecule has 0 aromatic heterocycles. The van der Waals surface area contributed by atoms with E-state index >= 15 is 0 Å². The van der Waals surface area contributed by atoms with Crippen molar-refractivity contribution in [2.24, 2.45) is 0 Å². The van der Waals surface area contributed by atoms with Crippen LogP contribution in [0.3, 0.4) is 0 Å². The molecular formula is C10H21NO4. The second kappa shape index (κ2) is 8.64. The van der Waals surface area contributed by atoms with Gasteiger partial charge in [-0.15, -0.1) is 0 Å². The van der Waals surface area contributed by atoms with Crippen LogP contribution >= 0.6 is 0 Å². The molecule has 0 amide bonds. The number of carboxylic acids is 1. The summed E-state index contributed by atoms with van der Waals surface area (Å²) in [5.41, 5.74) is 0. The normalized spacial score (nSPS) is 13.1. The van der Waals surface area contributed by atoms with Crippen molar-refractivity contribution >= 4 is 5.97 Å². The summed E-state index contributed by atoms with van der Waals surface area (Å²) in [6, 6.07) is -0.580. The van der Waals surface area contributed by atoms with Crippen LogP contribution in [0.4, 0.5) is 0 Å². The fourth-order valence-corrected chi connectivity index (χ4v) is 1.35. The molecule has 0 saturated heterocycles. The van der Waals surface area contributed by atoms with Gasteiger partial charge in [0.1, 0.15) is 6.04 Å². The molecule has 5 nitrogen and oxygen atoms in total. The zero-order chi connectivity index (χ0) is 11.7. The summed E-state index contributed by atoms with van der Waals surface area (Å²) in [4.78, 5) is 12.6. The Hall–Kier alpha value is -0.650. The van der Waals surface area contributed by atoms with E-state index in [4.69, 9.17) is 14.9 Å². The Morgan fingerprint density at radius 3 is 2.53 bits per heavy atom. The number of ether oxygens (including phenoxy) is 1. The minimum Gasteiger partial charge on any atom is -0.480 e. The molecule has 0 bridgehead atoms. The van der Waals surface area contributed by atoms with E-state index in [-0.39, 0.29) is 13.2 Å². The second-order valence-corrected chi connectivity index (χ2v) is 3.57. The average molecular weight is 219 g/mol. The number of unbranched alkanes of at least 4 members (excludes halogenated alkanes) is 2. The minimum atomic E-state index is -0.860. The highest BCUT2D eigenvalue weighted by Gasteiger charge is 2.21. The molecule has 0 aliphatic carbocycles. The highest BCUT2D eigenvalue weighted by molar-refractivity contribution is 5.73. The van der Waals surface area contributed by atoms with Gasteiger partial charge in [0.25, 0.3) is 0 Å². The first-order valence-electron chi connectivity index (χ1n) is 5.16. The Labute approximate surface area is 90.6 Å². The summed E-state index contributed by atoms with van der Waals surface area (Å²) in [6.07, 6.45) is 2.58. The van der Waals surface area contributed by atoms with Crippen LogP contribution in [0.15, 0.2) is 0 Å². The number of nitrogens with zero attached hydrogens (tertiary/aromatic N) is 1. The van der Waals surface area contributed by atoms with Crippen LogP contribution in [0, 0.1) is 0 Å². The van der Waals surface area contributed by atoms with Gasteiger partial charge >= 0.3 is 5.97 Å². The van der Waals surface area contributed by atoms with Crippen LogP contribution in [0.2, 0.25) is 0 Å². The molecule has 2 N–H and O–H groups in total. The predicted octanol–water partition coefficient (Wildman–Crippen LogP) is 0.180. The number of methoxy groups -OCH3 is 1. The van der Waals surface area contributed by atoms with Crippen LogP contribution in [-0.4, -0.2) is 61.0 Å². The fraction of sp³-hybridized carbons (Fsp3) is 0.900. The molecule has 90 valence electrons. The maximum atomic E-state index is 10.9. The quantitative estimate of drug-likeness (QED) is 0.541. The van der Waals surface area contributed by atoms with Crippen LogP contribution in [0.25, 0.3) is 0 Å². The van der Waals surface area contributed by atoms with Gasteiger partial charge in [-0.25, -0.2) is 0 Å². The molecule has 0 aliphatic heterocycles. The molecule has 1 unspecified atom stereocenters. The number of carboxylic acid groups (broad SMARTS) is 1. The molecule has 1 atom stereocenters. The standard InChI is InChI=1S/C10H21NO4/c1-11(6-4-3-5-7-12)9(8-15-2)10(13)14/h9,12H,3-8H2,1-2H3,(H,13,14). The molecule has 0 saturated carbocycles. The van der Waals surface area contributed by atoms with Crippen molar-refractivity contribution in [3.63, 3.8) is 0 Å². The van der Waals surface area contributed by atoms with Gasteiger partial charge in [0, 0.05) is 13.7 Å². The van der Waals surface area contributed by atoms with E-state index in [0.29, 0.717) is 6.54 Å².